The highest BCUT2D eigenvalue weighted by Gasteiger charge is 2.09. The molecule has 0 radical (unpaired) electrons. The first kappa shape index (κ1) is 15.2. The lowest BCUT2D eigenvalue weighted by atomic mass is 9.91. The Hall–Kier alpha value is -0.890. The zero-order valence-electron chi connectivity index (χ0n) is 12.4. The van der Waals surface area contributed by atoms with Gasteiger partial charge in [-0.25, -0.2) is 4.39 Å². The molecule has 1 rings (SSSR count). The van der Waals surface area contributed by atoms with E-state index in [0.717, 1.165) is 24.2 Å². The monoisotopic (exact) mass is 251 g/mol. The van der Waals surface area contributed by atoms with Crippen molar-refractivity contribution in [2.24, 2.45) is 5.41 Å². The van der Waals surface area contributed by atoms with E-state index < -0.39 is 0 Å². The minimum atomic E-state index is -0.0773. The first-order chi connectivity index (χ1) is 8.29. The first-order valence-corrected chi connectivity index (χ1v) is 6.76. The van der Waals surface area contributed by atoms with Gasteiger partial charge in [0.05, 0.1) is 0 Å². The van der Waals surface area contributed by atoms with Crippen molar-refractivity contribution in [2.45, 2.75) is 54.0 Å². The average molecular weight is 251 g/mol. The zero-order valence-corrected chi connectivity index (χ0v) is 12.4. The van der Waals surface area contributed by atoms with Gasteiger partial charge in [0, 0.05) is 6.54 Å². The van der Waals surface area contributed by atoms with E-state index in [9.17, 15) is 4.39 Å². The summed E-state index contributed by atoms with van der Waals surface area (Å²) in [5.74, 6) is -0.0773. The van der Waals surface area contributed by atoms with E-state index in [1.165, 1.54) is 18.4 Å². The van der Waals surface area contributed by atoms with E-state index in [2.05, 4.69) is 26.1 Å². The van der Waals surface area contributed by atoms with E-state index in [-0.39, 0.29) is 5.82 Å². The number of hydrogen-bond acceptors (Lipinski definition) is 1. The number of benzene rings is 1. The van der Waals surface area contributed by atoms with Crippen molar-refractivity contribution in [3.05, 3.63) is 34.6 Å². The summed E-state index contributed by atoms with van der Waals surface area (Å²) in [6.45, 7) is 12.3. The maximum atomic E-state index is 13.5. The number of nitrogens with one attached hydrogen (secondary N) is 1. The molecule has 0 heterocycles. The zero-order chi connectivity index (χ0) is 13.8. The van der Waals surface area contributed by atoms with Crippen LogP contribution in [0.1, 0.15) is 50.3 Å². The Morgan fingerprint density at radius 3 is 2.17 bits per heavy atom. The number of aryl methyl sites for hydroxylation is 2. The molecular formula is C16H26FN. The molecule has 0 amide bonds. The van der Waals surface area contributed by atoms with Crippen LogP contribution < -0.4 is 5.32 Å². The Morgan fingerprint density at radius 2 is 1.67 bits per heavy atom. The van der Waals surface area contributed by atoms with Gasteiger partial charge in [-0.2, -0.15) is 0 Å². The molecule has 0 aliphatic carbocycles. The van der Waals surface area contributed by atoms with Crippen LogP contribution in [0.15, 0.2) is 12.1 Å². The summed E-state index contributed by atoms with van der Waals surface area (Å²) in [7, 11) is 0. The Labute approximate surface area is 111 Å². The van der Waals surface area contributed by atoms with E-state index in [1.807, 2.05) is 26.0 Å². The lowest BCUT2D eigenvalue weighted by Crippen LogP contribution is -2.17. The fourth-order valence-corrected chi connectivity index (χ4v) is 2.11. The molecule has 0 aliphatic heterocycles. The molecular weight excluding hydrogens is 225 g/mol. The van der Waals surface area contributed by atoms with Crippen LogP contribution in [0.25, 0.3) is 0 Å². The van der Waals surface area contributed by atoms with Crippen molar-refractivity contribution < 1.29 is 4.39 Å². The fraction of sp³-hybridized carbons (Fsp3) is 0.625. The van der Waals surface area contributed by atoms with E-state index in [1.54, 1.807) is 0 Å². The highest BCUT2D eigenvalue weighted by molar-refractivity contribution is 5.30. The van der Waals surface area contributed by atoms with Gasteiger partial charge < -0.3 is 5.32 Å². The van der Waals surface area contributed by atoms with Gasteiger partial charge >= 0.3 is 0 Å². The summed E-state index contributed by atoms with van der Waals surface area (Å²) in [4.78, 5) is 0. The fourth-order valence-electron chi connectivity index (χ4n) is 2.11. The lowest BCUT2D eigenvalue weighted by molar-refractivity contribution is 0.361. The molecule has 2 heteroatoms. The van der Waals surface area contributed by atoms with Crippen LogP contribution in [0.3, 0.4) is 0 Å². The Bertz CT molecular complexity index is 368. The van der Waals surface area contributed by atoms with Gasteiger partial charge in [-0.15, -0.1) is 0 Å². The third-order valence-electron chi connectivity index (χ3n) is 3.11. The first-order valence-electron chi connectivity index (χ1n) is 6.76. The topological polar surface area (TPSA) is 12.0 Å². The second kappa shape index (κ2) is 6.33. The molecule has 1 N–H and O–H groups in total. The summed E-state index contributed by atoms with van der Waals surface area (Å²) in [5.41, 5.74) is 3.05. The minimum Gasteiger partial charge on any atom is -0.313 e. The van der Waals surface area contributed by atoms with Crippen molar-refractivity contribution in [2.75, 3.05) is 6.54 Å². The number of halogens is 1. The third-order valence-corrected chi connectivity index (χ3v) is 3.11. The average Bonchev–Trinajstić information content (AvgIpc) is 2.23. The van der Waals surface area contributed by atoms with Crippen LogP contribution in [0, 0.1) is 25.1 Å². The van der Waals surface area contributed by atoms with E-state index in [4.69, 9.17) is 0 Å². The molecule has 1 nitrogen and oxygen atoms in total. The number of rotatable bonds is 5. The van der Waals surface area contributed by atoms with Gasteiger partial charge in [-0.1, -0.05) is 32.9 Å². The summed E-state index contributed by atoms with van der Waals surface area (Å²) >= 11 is 0. The van der Waals surface area contributed by atoms with Gasteiger partial charge in [-0.05, 0) is 55.3 Å². The molecule has 1 aromatic rings. The van der Waals surface area contributed by atoms with Crippen molar-refractivity contribution in [3.63, 3.8) is 0 Å². The predicted molar refractivity (Wildman–Crippen MR) is 76.3 cm³/mol. The molecule has 0 aromatic heterocycles. The molecule has 0 saturated heterocycles. The van der Waals surface area contributed by atoms with Crippen LogP contribution >= 0.6 is 0 Å². The molecule has 0 saturated carbocycles. The van der Waals surface area contributed by atoms with Crippen LogP contribution in [0.2, 0.25) is 0 Å². The summed E-state index contributed by atoms with van der Waals surface area (Å²) in [6, 6.07) is 3.86. The second-order valence-corrected chi connectivity index (χ2v) is 6.38. The maximum absolute atomic E-state index is 13.5. The summed E-state index contributed by atoms with van der Waals surface area (Å²) in [6.07, 6.45) is 2.41. The molecule has 0 spiro atoms. The van der Waals surface area contributed by atoms with Crippen molar-refractivity contribution in [1.29, 1.82) is 0 Å². The molecule has 0 unspecified atom stereocenters. The van der Waals surface area contributed by atoms with E-state index in [0.29, 0.717) is 5.41 Å². The van der Waals surface area contributed by atoms with Gasteiger partial charge in [-0.3, -0.25) is 0 Å². The van der Waals surface area contributed by atoms with Gasteiger partial charge in [0.25, 0.3) is 0 Å². The molecule has 0 aliphatic rings. The Balaban J connectivity index is 2.36. The molecule has 18 heavy (non-hydrogen) atoms. The van der Waals surface area contributed by atoms with Crippen molar-refractivity contribution in [1.82, 2.24) is 5.32 Å². The van der Waals surface area contributed by atoms with Crippen molar-refractivity contribution >= 4 is 0 Å². The van der Waals surface area contributed by atoms with Crippen molar-refractivity contribution in [3.8, 4) is 0 Å². The standard InChI is InChI=1S/C16H26FN/c1-12-9-14(10-13(2)15(12)17)11-18-8-6-7-16(3,4)5/h9-10,18H,6-8,11H2,1-5H3. The highest BCUT2D eigenvalue weighted by Crippen LogP contribution is 2.20. The summed E-state index contributed by atoms with van der Waals surface area (Å²) in [5, 5.41) is 3.43. The molecule has 1 aromatic carbocycles. The minimum absolute atomic E-state index is 0.0773. The predicted octanol–water partition coefficient (Wildman–Crippen LogP) is 4.36. The van der Waals surface area contributed by atoms with Crippen LogP contribution in [-0.4, -0.2) is 6.54 Å². The van der Waals surface area contributed by atoms with Crippen LogP contribution in [-0.2, 0) is 6.54 Å². The Morgan fingerprint density at radius 1 is 1.11 bits per heavy atom. The molecule has 0 bridgehead atoms. The third kappa shape index (κ3) is 5.18. The lowest BCUT2D eigenvalue weighted by Gasteiger charge is -2.17. The second-order valence-electron chi connectivity index (χ2n) is 6.38. The van der Waals surface area contributed by atoms with Crippen LogP contribution in [0.5, 0.6) is 0 Å². The van der Waals surface area contributed by atoms with Gasteiger partial charge in [0.2, 0.25) is 0 Å². The van der Waals surface area contributed by atoms with Gasteiger partial charge in [0.1, 0.15) is 5.82 Å². The number of hydrogen-bond donors (Lipinski definition) is 1. The Kier molecular flexibility index (Phi) is 5.33. The molecule has 0 fully saturated rings. The quantitative estimate of drug-likeness (QED) is 0.767. The maximum Gasteiger partial charge on any atom is 0.129 e. The van der Waals surface area contributed by atoms with Crippen LogP contribution in [0.4, 0.5) is 4.39 Å². The van der Waals surface area contributed by atoms with E-state index >= 15 is 0 Å². The highest BCUT2D eigenvalue weighted by atomic mass is 19.1. The van der Waals surface area contributed by atoms with Gasteiger partial charge in [0.15, 0.2) is 0 Å². The largest absolute Gasteiger partial charge is 0.313 e. The summed E-state index contributed by atoms with van der Waals surface area (Å²) < 4.78 is 13.5. The smallest absolute Gasteiger partial charge is 0.129 e. The SMILES string of the molecule is Cc1cc(CNCCCC(C)(C)C)cc(C)c1F. The molecule has 0 atom stereocenters. The molecule has 102 valence electrons. The normalized spacial score (nSPS) is 11.9.